The zero-order chi connectivity index (χ0) is 14.3. The number of amides is 1. The van der Waals surface area contributed by atoms with Crippen molar-refractivity contribution in [1.82, 2.24) is 5.32 Å². The Labute approximate surface area is 114 Å². The molecule has 0 heterocycles. The zero-order valence-electron chi connectivity index (χ0n) is 11.7. The summed E-state index contributed by atoms with van der Waals surface area (Å²) in [5.41, 5.74) is 0.947. The zero-order valence-corrected chi connectivity index (χ0v) is 11.7. The molecule has 1 aromatic rings. The Morgan fingerprint density at radius 3 is 2.42 bits per heavy atom. The predicted molar refractivity (Wildman–Crippen MR) is 74.2 cm³/mol. The van der Waals surface area contributed by atoms with Gasteiger partial charge in [-0.25, -0.2) is 0 Å². The Hall–Kier alpha value is -1.84. The van der Waals surface area contributed by atoms with Gasteiger partial charge >= 0.3 is 0 Å². The second-order valence-corrected chi connectivity index (χ2v) is 4.57. The molecule has 0 saturated carbocycles. The quantitative estimate of drug-likeness (QED) is 0.819. The molecule has 0 radical (unpaired) electrons. The van der Waals surface area contributed by atoms with E-state index >= 15 is 0 Å². The molecule has 1 amide bonds. The Morgan fingerprint density at radius 2 is 1.89 bits per heavy atom. The lowest BCUT2D eigenvalue weighted by Crippen LogP contribution is -2.36. The second kappa shape index (κ2) is 7.56. The van der Waals surface area contributed by atoms with Gasteiger partial charge < -0.3 is 10.1 Å². The van der Waals surface area contributed by atoms with Gasteiger partial charge in [0, 0.05) is 13.0 Å². The Morgan fingerprint density at radius 1 is 1.26 bits per heavy atom. The summed E-state index contributed by atoms with van der Waals surface area (Å²) in [6, 6.07) is 7.24. The van der Waals surface area contributed by atoms with Crippen molar-refractivity contribution in [1.29, 1.82) is 0 Å². The second-order valence-electron chi connectivity index (χ2n) is 4.57. The standard InChI is InChI=1S/C15H21NO3/c1-4-9-16-15(18)12(3)19-14-7-5-13(6-8-14)10-11(2)17/h5-8,12H,4,9-10H2,1-3H3,(H,16,18). The average molecular weight is 263 g/mol. The van der Waals surface area contributed by atoms with Gasteiger partial charge in [-0.3, -0.25) is 9.59 Å². The molecule has 104 valence electrons. The fourth-order valence-electron chi connectivity index (χ4n) is 1.62. The summed E-state index contributed by atoms with van der Waals surface area (Å²) in [6.07, 6.45) is 0.801. The third kappa shape index (κ3) is 5.55. The summed E-state index contributed by atoms with van der Waals surface area (Å²) in [6.45, 7) is 5.93. The maximum atomic E-state index is 11.6. The van der Waals surface area contributed by atoms with Crippen LogP contribution in [-0.4, -0.2) is 24.3 Å². The van der Waals surface area contributed by atoms with E-state index in [1.807, 2.05) is 19.1 Å². The number of rotatable bonds is 7. The summed E-state index contributed by atoms with van der Waals surface area (Å²) in [5.74, 6) is 0.641. The molecule has 0 aromatic heterocycles. The van der Waals surface area contributed by atoms with Crippen LogP contribution in [0.4, 0.5) is 0 Å². The fourth-order valence-corrected chi connectivity index (χ4v) is 1.62. The minimum Gasteiger partial charge on any atom is -0.481 e. The molecule has 0 aliphatic carbocycles. The van der Waals surface area contributed by atoms with E-state index in [1.54, 1.807) is 26.0 Å². The van der Waals surface area contributed by atoms with Crippen LogP contribution in [0.25, 0.3) is 0 Å². The van der Waals surface area contributed by atoms with Crippen molar-refractivity contribution in [3.8, 4) is 5.75 Å². The minimum atomic E-state index is -0.523. The average Bonchev–Trinajstić information content (AvgIpc) is 2.37. The van der Waals surface area contributed by atoms with E-state index in [0.29, 0.717) is 18.7 Å². The molecule has 4 nitrogen and oxygen atoms in total. The molecule has 1 aromatic carbocycles. The van der Waals surface area contributed by atoms with Gasteiger partial charge in [-0.05, 0) is 38.0 Å². The summed E-state index contributed by atoms with van der Waals surface area (Å²) in [7, 11) is 0. The molecule has 0 fully saturated rings. The van der Waals surface area contributed by atoms with Gasteiger partial charge in [-0.1, -0.05) is 19.1 Å². The molecule has 0 aliphatic rings. The van der Waals surface area contributed by atoms with E-state index in [-0.39, 0.29) is 11.7 Å². The lowest BCUT2D eigenvalue weighted by Gasteiger charge is -2.14. The molecular weight excluding hydrogens is 242 g/mol. The van der Waals surface area contributed by atoms with Crippen molar-refractivity contribution in [3.63, 3.8) is 0 Å². The topological polar surface area (TPSA) is 55.4 Å². The SMILES string of the molecule is CCCNC(=O)C(C)Oc1ccc(CC(C)=O)cc1. The van der Waals surface area contributed by atoms with Gasteiger partial charge in [0.1, 0.15) is 11.5 Å². The summed E-state index contributed by atoms with van der Waals surface area (Å²) in [5, 5.41) is 2.78. The predicted octanol–water partition coefficient (Wildman–Crippen LogP) is 2.11. The molecule has 1 unspecified atom stereocenters. The van der Waals surface area contributed by atoms with E-state index in [0.717, 1.165) is 12.0 Å². The van der Waals surface area contributed by atoms with Crippen molar-refractivity contribution in [2.45, 2.75) is 39.7 Å². The molecular formula is C15H21NO3. The molecule has 0 bridgehead atoms. The van der Waals surface area contributed by atoms with Crippen LogP contribution in [0.2, 0.25) is 0 Å². The van der Waals surface area contributed by atoms with Gasteiger partial charge in [0.25, 0.3) is 5.91 Å². The number of benzene rings is 1. The number of Topliss-reactive ketones (excluding diaryl/α,β-unsaturated/α-hetero) is 1. The molecule has 0 saturated heterocycles. The largest absolute Gasteiger partial charge is 0.481 e. The first-order chi connectivity index (χ1) is 9.02. The highest BCUT2D eigenvalue weighted by Gasteiger charge is 2.13. The first kappa shape index (κ1) is 15.2. The number of ketones is 1. The molecule has 4 heteroatoms. The van der Waals surface area contributed by atoms with Crippen LogP contribution >= 0.6 is 0 Å². The summed E-state index contributed by atoms with van der Waals surface area (Å²) in [4.78, 5) is 22.6. The summed E-state index contributed by atoms with van der Waals surface area (Å²) < 4.78 is 5.54. The summed E-state index contributed by atoms with van der Waals surface area (Å²) >= 11 is 0. The van der Waals surface area contributed by atoms with Crippen molar-refractivity contribution >= 4 is 11.7 Å². The molecule has 0 aliphatic heterocycles. The highest BCUT2D eigenvalue weighted by Crippen LogP contribution is 2.14. The van der Waals surface area contributed by atoms with Crippen molar-refractivity contribution < 1.29 is 14.3 Å². The van der Waals surface area contributed by atoms with Crippen LogP contribution < -0.4 is 10.1 Å². The fraction of sp³-hybridized carbons (Fsp3) is 0.467. The lowest BCUT2D eigenvalue weighted by atomic mass is 10.1. The van der Waals surface area contributed by atoms with Gasteiger partial charge in [0.05, 0.1) is 0 Å². The van der Waals surface area contributed by atoms with Crippen molar-refractivity contribution in [2.24, 2.45) is 0 Å². The first-order valence-electron chi connectivity index (χ1n) is 6.55. The van der Waals surface area contributed by atoms with E-state index in [1.165, 1.54) is 0 Å². The van der Waals surface area contributed by atoms with E-state index < -0.39 is 6.10 Å². The van der Waals surface area contributed by atoms with Crippen LogP contribution in [0.15, 0.2) is 24.3 Å². The number of carbonyl (C=O) groups is 2. The molecule has 1 N–H and O–H groups in total. The van der Waals surface area contributed by atoms with E-state index in [4.69, 9.17) is 4.74 Å². The lowest BCUT2D eigenvalue weighted by molar-refractivity contribution is -0.127. The normalized spacial score (nSPS) is 11.7. The minimum absolute atomic E-state index is 0.116. The Bertz CT molecular complexity index is 426. The molecule has 1 atom stereocenters. The molecule has 19 heavy (non-hydrogen) atoms. The van der Waals surface area contributed by atoms with Gasteiger partial charge in [0.15, 0.2) is 6.10 Å². The van der Waals surface area contributed by atoms with Crippen LogP contribution in [0.5, 0.6) is 5.75 Å². The highest BCUT2D eigenvalue weighted by molar-refractivity contribution is 5.80. The van der Waals surface area contributed by atoms with Crippen molar-refractivity contribution in [2.75, 3.05) is 6.54 Å². The number of hydrogen-bond acceptors (Lipinski definition) is 3. The third-order valence-corrected chi connectivity index (χ3v) is 2.61. The third-order valence-electron chi connectivity index (χ3n) is 2.61. The van der Waals surface area contributed by atoms with E-state index in [9.17, 15) is 9.59 Å². The number of ether oxygens (including phenoxy) is 1. The molecule has 0 spiro atoms. The monoisotopic (exact) mass is 263 g/mol. The number of carbonyl (C=O) groups excluding carboxylic acids is 2. The Balaban J connectivity index is 2.52. The highest BCUT2D eigenvalue weighted by atomic mass is 16.5. The van der Waals surface area contributed by atoms with Crippen LogP contribution in [0.3, 0.4) is 0 Å². The van der Waals surface area contributed by atoms with Crippen LogP contribution in [0.1, 0.15) is 32.8 Å². The molecule has 1 rings (SSSR count). The van der Waals surface area contributed by atoms with Crippen molar-refractivity contribution in [3.05, 3.63) is 29.8 Å². The van der Waals surface area contributed by atoms with Gasteiger partial charge in [-0.15, -0.1) is 0 Å². The smallest absolute Gasteiger partial charge is 0.260 e. The maximum Gasteiger partial charge on any atom is 0.260 e. The Kier molecular flexibility index (Phi) is 6.06. The first-order valence-corrected chi connectivity index (χ1v) is 6.55. The van der Waals surface area contributed by atoms with E-state index in [2.05, 4.69) is 5.32 Å². The van der Waals surface area contributed by atoms with Gasteiger partial charge in [-0.2, -0.15) is 0 Å². The van der Waals surface area contributed by atoms with Gasteiger partial charge in [0.2, 0.25) is 0 Å². The number of nitrogens with one attached hydrogen (secondary N) is 1. The van der Waals surface area contributed by atoms with Crippen LogP contribution in [0, 0.1) is 0 Å². The maximum absolute atomic E-state index is 11.6. The van der Waals surface area contributed by atoms with Crippen LogP contribution in [-0.2, 0) is 16.0 Å². The number of hydrogen-bond donors (Lipinski definition) is 1.